The number of fused-ring (bicyclic) bond motifs is 1. The number of amides is 1. The molecule has 0 unspecified atom stereocenters. The Hall–Kier alpha value is -3.35. The van der Waals surface area contributed by atoms with Crippen molar-refractivity contribution in [3.8, 4) is 5.75 Å². The van der Waals surface area contributed by atoms with Crippen molar-refractivity contribution in [2.24, 2.45) is 4.99 Å². The molecule has 0 aliphatic carbocycles. The summed E-state index contributed by atoms with van der Waals surface area (Å²) in [6, 6.07) is 28.4. The summed E-state index contributed by atoms with van der Waals surface area (Å²) in [5.41, 5.74) is 4.12. The average Bonchev–Trinajstić information content (AvgIpc) is 3.22. The Kier molecular flexibility index (Phi) is 7.02. The van der Waals surface area contributed by atoms with Gasteiger partial charge in [0.1, 0.15) is 12.4 Å². The predicted octanol–water partition coefficient (Wildman–Crippen LogP) is 7.64. The van der Waals surface area contributed by atoms with Gasteiger partial charge in [0.25, 0.3) is 5.91 Å². The fourth-order valence-electron chi connectivity index (χ4n) is 3.85. The van der Waals surface area contributed by atoms with Gasteiger partial charge in [0.2, 0.25) is 0 Å². The highest BCUT2D eigenvalue weighted by Gasteiger charge is 2.24. The number of rotatable bonds is 6. The molecular weight excluding hydrogens is 520 g/mol. The van der Waals surface area contributed by atoms with Crippen LogP contribution in [0.25, 0.3) is 16.8 Å². The van der Waals surface area contributed by atoms with Crippen LogP contribution in [0, 0.1) is 0 Å². The van der Waals surface area contributed by atoms with Crippen LogP contribution in [-0.4, -0.2) is 11.1 Å². The van der Waals surface area contributed by atoms with Crippen LogP contribution in [-0.2, 0) is 17.8 Å². The van der Waals surface area contributed by atoms with Crippen molar-refractivity contribution < 1.29 is 9.53 Å². The quantitative estimate of drug-likeness (QED) is 0.255. The first-order chi connectivity index (χ1) is 17.1. The lowest BCUT2D eigenvalue weighted by Crippen LogP contribution is -2.19. The molecule has 1 fully saturated rings. The van der Waals surface area contributed by atoms with E-state index in [0.29, 0.717) is 16.7 Å². The van der Waals surface area contributed by atoms with Gasteiger partial charge in [-0.3, -0.25) is 4.79 Å². The fraction of sp³-hybridized carbons (Fsp3) is 0.103. The molecule has 5 rings (SSSR count). The van der Waals surface area contributed by atoms with Crippen molar-refractivity contribution in [2.75, 3.05) is 0 Å². The molecule has 0 saturated carbocycles. The second-order valence-electron chi connectivity index (χ2n) is 8.12. The largest absolute Gasteiger partial charge is 0.488 e. The van der Waals surface area contributed by atoms with E-state index in [0.717, 1.165) is 33.5 Å². The molecule has 0 aromatic heterocycles. The second-order valence-corrected chi connectivity index (χ2v) is 10.0. The number of nitrogens with zero attached hydrogens (tertiary/aromatic N) is 1. The Bertz CT molecular complexity index is 1460. The summed E-state index contributed by atoms with van der Waals surface area (Å²) in [5, 5.41) is 5.82. The van der Waals surface area contributed by atoms with Crippen LogP contribution >= 0.6 is 27.7 Å². The maximum atomic E-state index is 12.5. The van der Waals surface area contributed by atoms with E-state index in [1.54, 1.807) is 0 Å². The van der Waals surface area contributed by atoms with Crippen molar-refractivity contribution in [1.82, 2.24) is 5.32 Å². The molecule has 1 saturated heterocycles. The number of carbonyl (C=O) groups excluding carboxylic acids is 1. The van der Waals surface area contributed by atoms with Crippen LogP contribution in [0.5, 0.6) is 5.75 Å². The predicted molar refractivity (Wildman–Crippen MR) is 149 cm³/mol. The Labute approximate surface area is 217 Å². The number of aryl methyl sites for hydroxylation is 1. The van der Waals surface area contributed by atoms with Crippen LogP contribution in [0.3, 0.4) is 0 Å². The molecular formula is C29H23BrN2O2S. The molecule has 174 valence electrons. The van der Waals surface area contributed by atoms with E-state index in [9.17, 15) is 4.79 Å². The summed E-state index contributed by atoms with van der Waals surface area (Å²) in [6.45, 7) is 2.59. The molecule has 1 amide bonds. The number of nitrogens with one attached hydrogen (secondary N) is 1. The fourth-order valence-corrected chi connectivity index (χ4v) is 5.21. The molecule has 6 heteroatoms. The molecule has 1 aliphatic heterocycles. The first kappa shape index (κ1) is 23.4. The Morgan fingerprint density at radius 3 is 2.60 bits per heavy atom. The minimum Gasteiger partial charge on any atom is -0.488 e. The van der Waals surface area contributed by atoms with Crippen molar-refractivity contribution in [2.45, 2.75) is 20.0 Å². The molecule has 35 heavy (non-hydrogen) atoms. The Morgan fingerprint density at radius 1 is 1.00 bits per heavy atom. The molecule has 4 nitrogen and oxygen atoms in total. The van der Waals surface area contributed by atoms with Gasteiger partial charge in [0.15, 0.2) is 5.17 Å². The van der Waals surface area contributed by atoms with Gasteiger partial charge in [-0.2, -0.15) is 0 Å². The van der Waals surface area contributed by atoms with Gasteiger partial charge >= 0.3 is 0 Å². The van der Waals surface area contributed by atoms with Crippen molar-refractivity contribution in [1.29, 1.82) is 0 Å². The normalized spacial score (nSPS) is 15.7. The number of aliphatic imine (C=N–C) groups is 1. The van der Waals surface area contributed by atoms with Crippen LogP contribution in [0.2, 0.25) is 0 Å². The highest BCUT2D eigenvalue weighted by Crippen LogP contribution is 2.32. The highest BCUT2D eigenvalue weighted by atomic mass is 79.9. The zero-order chi connectivity index (χ0) is 24.2. The van der Waals surface area contributed by atoms with Crippen LogP contribution in [0.15, 0.2) is 99.3 Å². The summed E-state index contributed by atoms with van der Waals surface area (Å²) in [4.78, 5) is 17.6. The Balaban J connectivity index is 1.28. The van der Waals surface area contributed by atoms with Crippen LogP contribution < -0.4 is 10.1 Å². The van der Waals surface area contributed by atoms with Gasteiger partial charge in [0, 0.05) is 0 Å². The minimum absolute atomic E-state index is 0.147. The third kappa shape index (κ3) is 5.50. The lowest BCUT2D eigenvalue weighted by molar-refractivity contribution is -0.115. The van der Waals surface area contributed by atoms with E-state index < -0.39 is 0 Å². The number of hydrogen-bond donors (Lipinski definition) is 1. The van der Waals surface area contributed by atoms with E-state index in [2.05, 4.69) is 69.6 Å². The van der Waals surface area contributed by atoms with Gasteiger partial charge in [-0.25, -0.2) is 4.99 Å². The lowest BCUT2D eigenvalue weighted by atomic mass is 10.1. The number of hydrogen-bond acceptors (Lipinski definition) is 4. The van der Waals surface area contributed by atoms with Gasteiger partial charge in [-0.15, -0.1) is 0 Å². The summed E-state index contributed by atoms with van der Waals surface area (Å²) in [7, 11) is 0. The summed E-state index contributed by atoms with van der Waals surface area (Å²) >= 11 is 4.96. The molecule has 0 atom stereocenters. The molecule has 0 spiro atoms. The first-order valence-corrected chi connectivity index (χ1v) is 13.0. The maximum absolute atomic E-state index is 12.5. The summed E-state index contributed by atoms with van der Waals surface area (Å²) in [5.74, 6) is 0.604. The van der Waals surface area contributed by atoms with Crippen LogP contribution in [0.4, 0.5) is 5.69 Å². The third-order valence-corrected chi connectivity index (χ3v) is 7.27. The van der Waals surface area contributed by atoms with Gasteiger partial charge < -0.3 is 10.1 Å². The number of carbonyl (C=O) groups is 1. The van der Waals surface area contributed by atoms with Crippen LogP contribution in [0.1, 0.15) is 23.6 Å². The van der Waals surface area contributed by atoms with Gasteiger partial charge in [-0.05, 0) is 91.9 Å². The van der Waals surface area contributed by atoms with Crippen molar-refractivity contribution in [3.63, 3.8) is 0 Å². The zero-order valence-corrected chi connectivity index (χ0v) is 21.5. The second kappa shape index (κ2) is 10.5. The molecule has 1 heterocycles. The molecule has 4 aromatic rings. The Morgan fingerprint density at radius 2 is 1.80 bits per heavy atom. The van der Waals surface area contributed by atoms with Crippen molar-refractivity contribution in [3.05, 3.63) is 111 Å². The topological polar surface area (TPSA) is 50.7 Å². The summed E-state index contributed by atoms with van der Waals surface area (Å²) < 4.78 is 6.94. The van der Waals surface area contributed by atoms with E-state index in [1.807, 2.05) is 54.6 Å². The molecule has 1 N–H and O–H groups in total. The number of ether oxygens (including phenoxy) is 1. The number of amidine groups is 1. The smallest absolute Gasteiger partial charge is 0.264 e. The van der Waals surface area contributed by atoms with Gasteiger partial charge in [-0.1, -0.05) is 67.6 Å². The summed E-state index contributed by atoms with van der Waals surface area (Å²) in [6.07, 6.45) is 2.85. The minimum atomic E-state index is -0.147. The van der Waals surface area contributed by atoms with Crippen molar-refractivity contribution >= 4 is 61.3 Å². The number of benzene rings is 4. The monoisotopic (exact) mass is 542 g/mol. The number of thioether (sulfide) groups is 1. The standard InChI is InChI=1S/C29H23BrN2O2S/c1-2-19-10-13-23(14-11-19)31-29-32-28(33)27(35-29)17-20-12-15-26(25(30)16-20)34-18-22-8-5-7-21-6-3-4-9-24(21)22/h3-17H,2,18H2,1H3,(H,31,32,33)/b27-17-. The van der Waals surface area contributed by atoms with E-state index in [1.165, 1.54) is 28.1 Å². The van der Waals surface area contributed by atoms with E-state index >= 15 is 0 Å². The molecule has 1 aliphatic rings. The third-order valence-electron chi connectivity index (χ3n) is 5.74. The van der Waals surface area contributed by atoms with E-state index in [-0.39, 0.29) is 5.91 Å². The molecule has 0 radical (unpaired) electrons. The highest BCUT2D eigenvalue weighted by molar-refractivity contribution is 9.10. The number of halogens is 1. The zero-order valence-electron chi connectivity index (χ0n) is 19.1. The lowest BCUT2D eigenvalue weighted by Gasteiger charge is -2.11. The maximum Gasteiger partial charge on any atom is 0.264 e. The molecule has 4 aromatic carbocycles. The first-order valence-electron chi connectivity index (χ1n) is 11.4. The van der Waals surface area contributed by atoms with E-state index in [4.69, 9.17) is 4.74 Å². The average molecular weight is 543 g/mol. The van der Waals surface area contributed by atoms with Gasteiger partial charge in [0.05, 0.1) is 15.1 Å². The molecule has 0 bridgehead atoms. The SMILES string of the molecule is CCc1ccc(N=C2NC(=O)/C(=C/c3ccc(OCc4cccc5ccccc45)c(Br)c3)S2)cc1.